The van der Waals surface area contributed by atoms with E-state index < -0.39 is 0 Å². The number of guanidine groups is 1. The fourth-order valence-corrected chi connectivity index (χ4v) is 2.51. The van der Waals surface area contributed by atoms with Gasteiger partial charge in [-0.1, -0.05) is 26.8 Å². The van der Waals surface area contributed by atoms with Crippen LogP contribution in [0.3, 0.4) is 0 Å². The molecule has 0 atom stereocenters. The monoisotopic (exact) mass is 400 g/mol. The van der Waals surface area contributed by atoms with Gasteiger partial charge in [0.15, 0.2) is 5.96 Å². The topological polar surface area (TPSA) is 95.5 Å². The average Bonchev–Trinajstić information content (AvgIpc) is 2.52. The van der Waals surface area contributed by atoms with E-state index in [4.69, 9.17) is 15.9 Å². The van der Waals surface area contributed by atoms with E-state index >= 15 is 0 Å². The number of aromatic hydroxyl groups is 1. The Kier molecular flexibility index (Phi) is 8.70. The van der Waals surface area contributed by atoms with Gasteiger partial charge >= 0.3 is 0 Å². The van der Waals surface area contributed by atoms with Gasteiger partial charge in [-0.25, -0.2) is 0 Å². The van der Waals surface area contributed by atoms with Crippen LogP contribution in [0.5, 0.6) is 11.5 Å². The quantitative estimate of drug-likeness (QED) is 0.535. The Labute approximate surface area is 166 Å². The van der Waals surface area contributed by atoms with Gasteiger partial charge in [0.05, 0.1) is 19.3 Å². The number of hydrogen-bond acceptors (Lipinski definition) is 4. The van der Waals surface area contributed by atoms with E-state index in [0.717, 1.165) is 11.1 Å². The van der Waals surface area contributed by atoms with Crippen LogP contribution in [0.2, 0.25) is 0 Å². The fraction of sp³-hybridized carbons (Fsp3) is 0.333. The van der Waals surface area contributed by atoms with E-state index in [2.05, 4.69) is 4.98 Å². The van der Waals surface area contributed by atoms with Gasteiger partial charge < -0.3 is 20.5 Å². The predicted octanol–water partition coefficient (Wildman–Crippen LogP) is 3.84. The Balaban J connectivity index is 0.00000312. The number of ether oxygens (including phenoxy) is 1. The second-order valence-electron chi connectivity index (χ2n) is 6.62. The van der Waals surface area contributed by atoms with Gasteiger partial charge in [0.1, 0.15) is 11.5 Å². The van der Waals surface area contributed by atoms with Crippen molar-refractivity contribution in [3.8, 4) is 11.5 Å². The van der Waals surface area contributed by atoms with Crippen molar-refractivity contribution in [2.24, 2.45) is 5.73 Å². The van der Waals surface area contributed by atoms with Gasteiger partial charge in [0.2, 0.25) is 0 Å². The molecule has 0 aliphatic rings. The summed E-state index contributed by atoms with van der Waals surface area (Å²) in [4.78, 5) is 5.65. The van der Waals surface area contributed by atoms with Crippen LogP contribution in [-0.2, 0) is 12.0 Å². The molecule has 0 saturated carbocycles. The van der Waals surface area contributed by atoms with Gasteiger partial charge in [-0.05, 0) is 23.1 Å². The summed E-state index contributed by atoms with van der Waals surface area (Å²) in [5.41, 5.74) is 7.74. The molecule has 144 valence electrons. The number of phenolic OH excluding ortho intramolecular Hbond substituents is 1. The number of nitrogens with two attached hydrogens (primary N) is 1. The first-order chi connectivity index (χ1) is 11.2. The normalized spacial score (nSPS) is 10.3. The number of rotatable bonds is 4. The van der Waals surface area contributed by atoms with E-state index in [9.17, 15) is 5.11 Å². The zero-order chi connectivity index (χ0) is 17.9. The molecule has 1 aromatic heterocycles. The second kappa shape index (κ2) is 9.50. The number of benzene rings is 1. The summed E-state index contributed by atoms with van der Waals surface area (Å²) >= 11 is 0. The van der Waals surface area contributed by atoms with E-state index in [0.29, 0.717) is 18.0 Å². The summed E-state index contributed by atoms with van der Waals surface area (Å²) in [6.07, 6.45) is 3.40. The lowest BCUT2D eigenvalue weighted by atomic mass is 9.86. The third kappa shape index (κ3) is 5.41. The minimum atomic E-state index is -0.236. The molecule has 0 fully saturated rings. The molecule has 0 bridgehead atoms. The van der Waals surface area contributed by atoms with Crippen LogP contribution < -0.4 is 15.4 Å². The number of halogens is 2. The number of nitrogens with zero attached hydrogens (tertiary/aromatic N) is 2. The lowest BCUT2D eigenvalue weighted by molar-refractivity contribution is 0.406. The van der Waals surface area contributed by atoms with Gasteiger partial charge in [-0.15, -0.1) is 24.8 Å². The summed E-state index contributed by atoms with van der Waals surface area (Å²) in [7, 11) is 1.56. The van der Waals surface area contributed by atoms with Crippen molar-refractivity contribution >= 4 is 36.5 Å². The third-order valence-electron chi connectivity index (χ3n) is 3.75. The highest BCUT2D eigenvalue weighted by molar-refractivity contribution is 5.94. The highest BCUT2D eigenvalue weighted by Gasteiger charge is 2.24. The number of hydrogen-bond donors (Lipinski definition) is 3. The highest BCUT2D eigenvalue weighted by atomic mass is 35.5. The molecule has 1 heterocycles. The van der Waals surface area contributed by atoms with E-state index in [1.165, 1.54) is 0 Å². The van der Waals surface area contributed by atoms with Crippen LogP contribution in [0.4, 0.5) is 5.69 Å². The summed E-state index contributed by atoms with van der Waals surface area (Å²) in [6.45, 7) is 6.40. The van der Waals surface area contributed by atoms with Gasteiger partial charge in [-0.2, -0.15) is 0 Å². The molecule has 26 heavy (non-hydrogen) atoms. The van der Waals surface area contributed by atoms with Crippen LogP contribution in [0.25, 0.3) is 0 Å². The second-order valence-corrected chi connectivity index (χ2v) is 6.62. The molecule has 2 rings (SSSR count). The standard InChI is InChI=1S/C18H24N4O2.2ClH/c1-18(2,3)13-8-16(24-4)14(9-15(13)23)22(17(19)20)11-12-6-5-7-21-10-12;;/h5-10,23H,11H2,1-4H3,(H3,19,20);2*1H. The van der Waals surface area contributed by atoms with Crippen molar-refractivity contribution in [2.45, 2.75) is 32.7 Å². The molecular formula is C18H26Cl2N4O2. The zero-order valence-electron chi connectivity index (χ0n) is 15.3. The van der Waals surface area contributed by atoms with Gasteiger partial charge in [-0.3, -0.25) is 10.4 Å². The Morgan fingerprint density at radius 1 is 1.31 bits per heavy atom. The van der Waals surface area contributed by atoms with Crippen LogP contribution in [0, 0.1) is 5.41 Å². The maximum atomic E-state index is 10.4. The van der Waals surface area contributed by atoms with Crippen LogP contribution >= 0.6 is 24.8 Å². The van der Waals surface area contributed by atoms with Crippen LogP contribution in [0.15, 0.2) is 36.7 Å². The molecule has 0 aliphatic heterocycles. The first kappa shape index (κ1) is 23.8. The average molecular weight is 401 g/mol. The highest BCUT2D eigenvalue weighted by Crippen LogP contribution is 2.40. The van der Waals surface area contributed by atoms with Crippen molar-refractivity contribution in [1.82, 2.24) is 4.98 Å². The van der Waals surface area contributed by atoms with Crippen molar-refractivity contribution in [2.75, 3.05) is 12.0 Å². The van der Waals surface area contributed by atoms with E-state index in [1.807, 2.05) is 32.9 Å². The van der Waals surface area contributed by atoms with E-state index in [1.54, 1.807) is 36.5 Å². The zero-order valence-corrected chi connectivity index (χ0v) is 16.9. The first-order valence-corrected chi connectivity index (χ1v) is 7.66. The third-order valence-corrected chi connectivity index (χ3v) is 3.75. The number of nitrogens with one attached hydrogen (secondary N) is 1. The lowest BCUT2D eigenvalue weighted by Crippen LogP contribution is -2.36. The van der Waals surface area contributed by atoms with Crippen molar-refractivity contribution in [3.05, 3.63) is 47.8 Å². The van der Waals surface area contributed by atoms with Crippen LogP contribution in [0.1, 0.15) is 31.9 Å². The Morgan fingerprint density at radius 3 is 2.42 bits per heavy atom. The number of anilines is 1. The smallest absolute Gasteiger partial charge is 0.193 e. The minimum absolute atomic E-state index is 0. The van der Waals surface area contributed by atoms with Crippen LogP contribution in [-0.4, -0.2) is 23.2 Å². The summed E-state index contributed by atoms with van der Waals surface area (Å²) in [5, 5.41) is 18.3. The predicted molar refractivity (Wildman–Crippen MR) is 110 cm³/mol. The van der Waals surface area contributed by atoms with E-state index in [-0.39, 0.29) is 41.9 Å². The summed E-state index contributed by atoms with van der Waals surface area (Å²) in [6, 6.07) is 7.12. The SMILES string of the molecule is COc1cc(C(C)(C)C)c(O)cc1N(Cc1cccnc1)C(=N)N.Cl.Cl. The molecule has 0 spiro atoms. The largest absolute Gasteiger partial charge is 0.508 e. The van der Waals surface area contributed by atoms with Gasteiger partial charge in [0.25, 0.3) is 0 Å². The maximum Gasteiger partial charge on any atom is 0.193 e. The molecule has 6 nitrogen and oxygen atoms in total. The van der Waals surface area contributed by atoms with Crippen molar-refractivity contribution < 1.29 is 9.84 Å². The molecular weight excluding hydrogens is 375 g/mol. The number of aromatic nitrogens is 1. The van der Waals surface area contributed by atoms with Crippen molar-refractivity contribution in [1.29, 1.82) is 5.41 Å². The lowest BCUT2D eigenvalue weighted by Gasteiger charge is -2.28. The Morgan fingerprint density at radius 2 is 1.96 bits per heavy atom. The molecule has 0 saturated heterocycles. The summed E-state index contributed by atoms with van der Waals surface area (Å²) < 4.78 is 5.48. The Hall–Kier alpha value is -2.18. The molecule has 0 unspecified atom stereocenters. The number of pyridine rings is 1. The minimum Gasteiger partial charge on any atom is -0.508 e. The maximum absolute atomic E-state index is 10.4. The molecule has 2 aromatic rings. The molecule has 1 aromatic carbocycles. The molecule has 8 heteroatoms. The number of methoxy groups -OCH3 is 1. The molecule has 4 N–H and O–H groups in total. The van der Waals surface area contributed by atoms with Gasteiger partial charge in [0, 0.05) is 24.0 Å². The fourth-order valence-electron chi connectivity index (χ4n) is 2.51. The molecule has 0 aliphatic carbocycles. The number of phenols is 1. The van der Waals surface area contributed by atoms with Crippen molar-refractivity contribution in [3.63, 3.8) is 0 Å². The first-order valence-electron chi connectivity index (χ1n) is 7.66. The molecule has 0 amide bonds. The molecule has 0 radical (unpaired) electrons. The summed E-state index contributed by atoms with van der Waals surface area (Å²) in [5.74, 6) is 0.563. The Bertz CT molecular complexity index is 734.